The first-order chi connectivity index (χ1) is 15.9. The van der Waals surface area contributed by atoms with E-state index < -0.39 is 17.4 Å². The van der Waals surface area contributed by atoms with Gasteiger partial charge in [0.05, 0.1) is 12.8 Å². The van der Waals surface area contributed by atoms with Crippen molar-refractivity contribution in [1.82, 2.24) is 19.1 Å². The van der Waals surface area contributed by atoms with Crippen LogP contribution >= 0.6 is 0 Å². The molecular formula is C23H24N6O4. The van der Waals surface area contributed by atoms with Crippen molar-refractivity contribution in [3.63, 3.8) is 0 Å². The molecule has 0 bridgehead atoms. The van der Waals surface area contributed by atoms with Crippen LogP contribution in [0, 0.1) is 6.92 Å². The average Bonchev–Trinajstić information content (AvgIpc) is 3.16. The maximum absolute atomic E-state index is 12.6. The van der Waals surface area contributed by atoms with Crippen molar-refractivity contribution in [2.45, 2.75) is 19.6 Å². The highest BCUT2D eigenvalue weighted by Gasteiger charge is 2.20. The summed E-state index contributed by atoms with van der Waals surface area (Å²) < 4.78 is 8.38. The third kappa shape index (κ3) is 5.01. The Labute approximate surface area is 188 Å². The summed E-state index contributed by atoms with van der Waals surface area (Å²) in [6.07, 6.45) is 0.642. The van der Waals surface area contributed by atoms with Gasteiger partial charge in [-0.3, -0.25) is 14.3 Å². The quantitative estimate of drug-likeness (QED) is 0.278. The first-order valence-electron chi connectivity index (χ1n) is 10.3. The Morgan fingerprint density at radius 3 is 2.64 bits per heavy atom. The Morgan fingerprint density at radius 1 is 1.18 bits per heavy atom. The largest absolute Gasteiger partial charge is 0.491 e. The number of hydrogen-bond acceptors (Lipinski definition) is 7. The number of anilines is 1. The lowest BCUT2D eigenvalue weighted by Crippen LogP contribution is -2.30. The maximum Gasteiger partial charge on any atom is 0.329 e. The molecule has 0 fully saturated rings. The number of fused-ring (bicyclic) bond motifs is 1. The summed E-state index contributed by atoms with van der Waals surface area (Å²) in [7, 11) is 1.51. The van der Waals surface area contributed by atoms with Crippen LogP contribution < -0.4 is 21.4 Å². The Bertz CT molecular complexity index is 1390. The molecule has 2 aromatic carbocycles. The van der Waals surface area contributed by atoms with E-state index in [0.29, 0.717) is 5.75 Å². The van der Waals surface area contributed by atoms with Crippen LogP contribution in [0.1, 0.15) is 11.1 Å². The predicted molar refractivity (Wildman–Crippen MR) is 126 cm³/mol. The number of nitrogens with zero attached hydrogens (tertiary/aromatic N) is 4. The molecule has 0 saturated heterocycles. The summed E-state index contributed by atoms with van der Waals surface area (Å²) in [5.41, 5.74) is 3.91. The van der Waals surface area contributed by atoms with E-state index in [1.54, 1.807) is 6.21 Å². The van der Waals surface area contributed by atoms with Gasteiger partial charge in [-0.05, 0) is 24.6 Å². The van der Waals surface area contributed by atoms with E-state index in [1.807, 2.05) is 61.5 Å². The fraction of sp³-hybridized carbons (Fsp3) is 0.217. The molecule has 0 unspecified atom stereocenters. The molecule has 170 valence electrons. The molecule has 0 amide bonds. The average molecular weight is 448 g/mol. The molecule has 33 heavy (non-hydrogen) atoms. The van der Waals surface area contributed by atoms with Crippen molar-refractivity contribution in [2.75, 3.05) is 12.0 Å². The van der Waals surface area contributed by atoms with E-state index in [9.17, 15) is 14.7 Å². The summed E-state index contributed by atoms with van der Waals surface area (Å²) in [6.45, 7) is 1.97. The van der Waals surface area contributed by atoms with Gasteiger partial charge in [-0.2, -0.15) is 10.1 Å². The zero-order valence-corrected chi connectivity index (χ0v) is 18.2. The lowest BCUT2D eigenvalue weighted by atomic mass is 10.2. The van der Waals surface area contributed by atoms with Crippen LogP contribution in [0.4, 0.5) is 5.95 Å². The number of aryl methyl sites for hydroxylation is 2. The van der Waals surface area contributed by atoms with Crippen LogP contribution in [0.15, 0.2) is 69.3 Å². The topological polar surface area (TPSA) is 127 Å². The summed E-state index contributed by atoms with van der Waals surface area (Å²) in [5.74, 6) is 0.833. The van der Waals surface area contributed by atoms with Gasteiger partial charge in [-0.25, -0.2) is 10.2 Å². The molecule has 4 rings (SSSR count). The Hall–Kier alpha value is -4.18. The Morgan fingerprint density at radius 2 is 1.91 bits per heavy atom. The smallest absolute Gasteiger partial charge is 0.329 e. The van der Waals surface area contributed by atoms with Crippen molar-refractivity contribution in [3.05, 3.63) is 86.6 Å². The van der Waals surface area contributed by atoms with Crippen LogP contribution in [-0.4, -0.2) is 43.1 Å². The second-order valence-corrected chi connectivity index (χ2v) is 7.60. The number of hydrazone groups is 1. The van der Waals surface area contributed by atoms with Crippen LogP contribution in [-0.2, 0) is 13.6 Å². The first-order valence-corrected chi connectivity index (χ1v) is 10.3. The van der Waals surface area contributed by atoms with Gasteiger partial charge in [0, 0.05) is 7.05 Å². The third-order valence-electron chi connectivity index (χ3n) is 5.04. The van der Waals surface area contributed by atoms with E-state index in [4.69, 9.17) is 4.74 Å². The molecule has 0 aliphatic carbocycles. The SMILES string of the molecule is Cc1ccc(OC[C@@H](O)Cn2c(N/N=C\c3ccccc3)nc3c2c(=O)[nH]c(=O)n3C)cc1. The van der Waals surface area contributed by atoms with Gasteiger partial charge < -0.3 is 14.4 Å². The highest BCUT2D eigenvalue weighted by Crippen LogP contribution is 2.17. The van der Waals surface area contributed by atoms with Crippen LogP contribution in [0.25, 0.3) is 11.2 Å². The number of rotatable bonds is 8. The van der Waals surface area contributed by atoms with E-state index >= 15 is 0 Å². The number of aromatic amines is 1. The minimum atomic E-state index is -0.959. The number of imidazole rings is 1. The summed E-state index contributed by atoms with van der Waals surface area (Å²) >= 11 is 0. The number of aromatic nitrogens is 4. The molecule has 4 aromatic rings. The summed E-state index contributed by atoms with van der Waals surface area (Å²) in [6, 6.07) is 16.9. The lowest BCUT2D eigenvalue weighted by molar-refractivity contribution is 0.0938. The van der Waals surface area contributed by atoms with Crippen molar-refractivity contribution >= 4 is 23.3 Å². The first kappa shape index (κ1) is 22.0. The van der Waals surface area contributed by atoms with Crippen molar-refractivity contribution in [1.29, 1.82) is 0 Å². The van der Waals surface area contributed by atoms with Crippen molar-refractivity contribution in [3.8, 4) is 5.75 Å². The molecule has 0 radical (unpaired) electrons. The Kier molecular flexibility index (Phi) is 6.36. The van der Waals surface area contributed by atoms with Gasteiger partial charge in [0.25, 0.3) is 5.56 Å². The second kappa shape index (κ2) is 9.53. The molecule has 0 saturated carbocycles. The molecule has 10 heteroatoms. The van der Waals surface area contributed by atoms with Crippen LogP contribution in [0.3, 0.4) is 0 Å². The highest BCUT2D eigenvalue weighted by molar-refractivity contribution is 5.80. The van der Waals surface area contributed by atoms with Gasteiger partial charge in [-0.15, -0.1) is 0 Å². The standard InChI is InChI=1S/C23H24N6O4/c1-15-8-10-18(11-9-15)33-14-17(30)13-29-19-20(28(2)23(32)26-21(19)31)25-22(29)27-24-12-16-6-4-3-5-7-16/h3-12,17,30H,13-14H2,1-2H3,(H,25,27)(H,26,31,32)/b24-12-/t17-/m0/s1. The number of aliphatic hydroxyl groups is 1. The number of H-pyrrole nitrogens is 1. The zero-order chi connectivity index (χ0) is 23.4. The number of aliphatic hydroxyl groups excluding tert-OH is 1. The number of benzene rings is 2. The fourth-order valence-corrected chi connectivity index (χ4v) is 3.29. The van der Waals surface area contributed by atoms with Gasteiger partial charge in [-0.1, -0.05) is 48.0 Å². The summed E-state index contributed by atoms with van der Waals surface area (Å²) in [5, 5.41) is 14.8. The van der Waals surface area contributed by atoms with Crippen molar-refractivity contribution < 1.29 is 9.84 Å². The van der Waals surface area contributed by atoms with E-state index in [0.717, 1.165) is 11.1 Å². The number of nitrogens with one attached hydrogen (secondary N) is 2. The van der Waals surface area contributed by atoms with E-state index in [2.05, 4.69) is 20.5 Å². The van der Waals surface area contributed by atoms with Gasteiger partial charge in [0.2, 0.25) is 5.95 Å². The normalized spacial score (nSPS) is 12.3. The van der Waals surface area contributed by atoms with Gasteiger partial charge in [0.1, 0.15) is 18.5 Å². The van der Waals surface area contributed by atoms with Crippen molar-refractivity contribution in [2.24, 2.45) is 12.1 Å². The minimum absolute atomic E-state index is 0.000867. The van der Waals surface area contributed by atoms with Gasteiger partial charge >= 0.3 is 5.69 Å². The molecule has 1 atom stereocenters. The second-order valence-electron chi connectivity index (χ2n) is 7.60. The predicted octanol–water partition coefficient (Wildman–Crippen LogP) is 1.62. The van der Waals surface area contributed by atoms with Crippen LogP contribution in [0.5, 0.6) is 5.75 Å². The molecule has 3 N–H and O–H groups in total. The lowest BCUT2D eigenvalue weighted by Gasteiger charge is -2.15. The Balaban J connectivity index is 1.61. The summed E-state index contributed by atoms with van der Waals surface area (Å²) in [4.78, 5) is 31.2. The highest BCUT2D eigenvalue weighted by atomic mass is 16.5. The molecule has 2 aromatic heterocycles. The number of ether oxygens (including phenoxy) is 1. The van der Waals surface area contributed by atoms with E-state index in [1.165, 1.54) is 16.2 Å². The number of hydrogen-bond donors (Lipinski definition) is 3. The fourth-order valence-electron chi connectivity index (χ4n) is 3.29. The molecule has 0 aliphatic rings. The maximum atomic E-state index is 12.6. The zero-order valence-electron chi connectivity index (χ0n) is 18.2. The monoisotopic (exact) mass is 448 g/mol. The molecule has 0 aliphatic heterocycles. The minimum Gasteiger partial charge on any atom is -0.491 e. The molecule has 0 spiro atoms. The molecular weight excluding hydrogens is 424 g/mol. The van der Waals surface area contributed by atoms with E-state index in [-0.39, 0.29) is 30.3 Å². The van der Waals surface area contributed by atoms with Crippen LogP contribution in [0.2, 0.25) is 0 Å². The third-order valence-corrected chi connectivity index (χ3v) is 5.04. The van der Waals surface area contributed by atoms with Gasteiger partial charge in [0.15, 0.2) is 11.2 Å². The molecule has 2 heterocycles. The molecule has 10 nitrogen and oxygen atoms in total.